The lowest BCUT2D eigenvalue weighted by atomic mass is 10.0. The summed E-state index contributed by atoms with van der Waals surface area (Å²) in [6.45, 7) is 5.27. The topological polar surface area (TPSA) is 53.5 Å². The quantitative estimate of drug-likeness (QED) is 0.864. The summed E-state index contributed by atoms with van der Waals surface area (Å²) in [4.78, 5) is 13.4. The maximum absolute atomic E-state index is 5.57. The van der Waals surface area contributed by atoms with Gasteiger partial charge >= 0.3 is 0 Å². The molecule has 0 radical (unpaired) electrons. The number of aromatic nitrogens is 2. The van der Waals surface area contributed by atoms with Crippen molar-refractivity contribution in [1.82, 2.24) is 14.9 Å². The molecule has 0 saturated carbocycles. The maximum atomic E-state index is 5.57. The molecule has 2 heterocycles. The number of ether oxygens (including phenoxy) is 1. The zero-order valence-corrected chi connectivity index (χ0v) is 13.6. The van der Waals surface area contributed by atoms with Crippen molar-refractivity contribution in [2.24, 2.45) is 0 Å². The van der Waals surface area contributed by atoms with Crippen molar-refractivity contribution in [3.63, 3.8) is 0 Å². The van der Waals surface area contributed by atoms with E-state index in [9.17, 15) is 0 Å². The van der Waals surface area contributed by atoms with Crippen LogP contribution >= 0.6 is 0 Å². The van der Waals surface area contributed by atoms with Crippen LogP contribution in [0.15, 0.2) is 6.33 Å². The van der Waals surface area contributed by atoms with Gasteiger partial charge < -0.3 is 19.9 Å². The Labute approximate surface area is 127 Å². The second-order valence-electron chi connectivity index (χ2n) is 5.65. The number of nitrogens with zero attached hydrogens (tertiary/aromatic N) is 4. The average molecular weight is 293 g/mol. The third kappa shape index (κ3) is 3.75. The van der Waals surface area contributed by atoms with Crippen LogP contribution in [0.4, 0.5) is 11.6 Å². The van der Waals surface area contributed by atoms with Gasteiger partial charge in [-0.1, -0.05) is 6.92 Å². The van der Waals surface area contributed by atoms with Gasteiger partial charge in [-0.15, -0.1) is 0 Å². The Morgan fingerprint density at radius 2 is 2.10 bits per heavy atom. The smallest absolute Gasteiger partial charge is 0.204 e. The summed E-state index contributed by atoms with van der Waals surface area (Å²) in [5.41, 5.74) is 0. The molecule has 0 unspecified atom stereocenters. The predicted molar refractivity (Wildman–Crippen MR) is 86.3 cm³/mol. The van der Waals surface area contributed by atoms with E-state index in [1.807, 2.05) is 0 Å². The van der Waals surface area contributed by atoms with Gasteiger partial charge in [-0.3, -0.25) is 0 Å². The van der Waals surface area contributed by atoms with Crippen molar-refractivity contribution in [1.29, 1.82) is 0 Å². The SMILES string of the molecule is CCCNc1ncnc(N(C)C2CCN(C)CC2)c1OC. The molecular formula is C15H27N5O. The molecule has 0 atom stereocenters. The molecule has 21 heavy (non-hydrogen) atoms. The van der Waals surface area contributed by atoms with E-state index in [2.05, 4.69) is 46.1 Å². The van der Waals surface area contributed by atoms with Crippen LogP contribution in [0, 0.1) is 0 Å². The second kappa shape index (κ2) is 7.45. The first kappa shape index (κ1) is 15.8. The van der Waals surface area contributed by atoms with Crippen molar-refractivity contribution < 1.29 is 4.74 Å². The number of likely N-dealkylation sites (tertiary alicyclic amines) is 1. The number of rotatable bonds is 6. The lowest BCUT2D eigenvalue weighted by molar-refractivity contribution is 0.252. The van der Waals surface area contributed by atoms with E-state index in [1.165, 1.54) is 0 Å². The fourth-order valence-corrected chi connectivity index (χ4v) is 2.73. The molecule has 6 nitrogen and oxygen atoms in total. The van der Waals surface area contributed by atoms with Crippen molar-refractivity contribution in [2.75, 3.05) is 51.1 Å². The van der Waals surface area contributed by atoms with Crippen LogP contribution in [0.2, 0.25) is 0 Å². The minimum absolute atomic E-state index is 0.504. The van der Waals surface area contributed by atoms with E-state index < -0.39 is 0 Å². The molecule has 118 valence electrons. The second-order valence-corrected chi connectivity index (χ2v) is 5.65. The number of nitrogens with one attached hydrogen (secondary N) is 1. The fourth-order valence-electron chi connectivity index (χ4n) is 2.73. The Balaban J connectivity index is 2.17. The molecule has 1 fully saturated rings. The van der Waals surface area contributed by atoms with Crippen molar-refractivity contribution in [2.45, 2.75) is 32.2 Å². The maximum Gasteiger partial charge on any atom is 0.204 e. The summed E-state index contributed by atoms with van der Waals surface area (Å²) in [6, 6.07) is 0.504. The van der Waals surface area contributed by atoms with Gasteiger partial charge in [0.25, 0.3) is 0 Å². The first-order valence-corrected chi connectivity index (χ1v) is 7.71. The van der Waals surface area contributed by atoms with Crippen molar-refractivity contribution in [3.8, 4) is 5.75 Å². The molecule has 0 aliphatic carbocycles. The van der Waals surface area contributed by atoms with Crippen molar-refractivity contribution >= 4 is 11.6 Å². The standard InChI is InChI=1S/C15H27N5O/c1-5-8-16-14-13(21-4)15(18-11-17-14)20(3)12-6-9-19(2)10-7-12/h11-12H,5-10H2,1-4H3,(H,16,17,18). The third-order valence-electron chi connectivity index (χ3n) is 4.10. The molecule has 0 spiro atoms. The summed E-state index contributed by atoms with van der Waals surface area (Å²) in [5, 5.41) is 3.31. The normalized spacial score (nSPS) is 16.8. The van der Waals surface area contributed by atoms with Crippen LogP contribution in [0.25, 0.3) is 0 Å². The summed E-state index contributed by atoms with van der Waals surface area (Å²) in [5.74, 6) is 2.40. The third-order valence-corrected chi connectivity index (χ3v) is 4.10. The van der Waals surface area contributed by atoms with Crippen LogP contribution in [0.1, 0.15) is 26.2 Å². The molecule has 2 rings (SSSR count). The lowest BCUT2D eigenvalue weighted by Gasteiger charge is -2.36. The Morgan fingerprint density at radius 1 is 1.38 bits per heavy atom. The molecular weight excluding hydrogens is 266 g/mol. The first-order valence-electron chi connectivity index (χ1n) is 7.71. The fraction of sp³-hybridized carbons (Fsp3) is 0.733. The highest BCUT2D eigenvalue weighted by atomic mass is 16.5. The first-order chi connectivity index (χ1) is 10.2. The highest BCUT2D eigenvalue weighted by molar-refractivity contribution is 5.64. The van der Waals surface area contributed by atoms with E-state index >= 15 is 0 Å². The summed E-state index contributed by atoms with van der Waals surface area (Å²) < 4.78 is 5.57. The summed E-state index contributed by atoms with van der Waals surface area (Å²) >= 11 is 0. The van der Waals surface area contributed by atoms with E-state index in [1.54, 1.807) is 13.4 Å². The van der Waals surface area contributed by atoms with Gasteiger partial charge in [0.15, 0.2) is 11.6 Å². The molecule has 0 amide bonds. The average Bonchev–Trinajstić information content (AvgIpc) is 2.52. The molecule has 1 saturated heterocycles. The minimum Gasteiger partial charge on any atom is -0.490 e. The highest BCUT2D eigenvalue weighted by Gasteiger charge is 2.25. The van der Waals surface area contributed by atoms with E-state index in [0.717, 1.165) is 56.3 Å². The van der Waals surface area contributed by atoms with Crippen LogP contribution in [-0.2, 0) is 0 Å². The Hall–Kier alpha value is -1.56. The molecule has 0 aromatic carbocycles. The highest BCUT2D eigenvalue weighted by Crippen LogP contribution is 2.33. The van der Waals surface area contributed by atoms with Gasteiger partial charge in [0.05, 0.1) is 7.11 Å². The summed E-state index contributed by atoms with van der Waals surface area (Å²) in [7, 11) is 5.96. The van der Waals surface area contributed by atoms with E-state index in [4.69, 9.17) is 4.74 Å². The van der Waals surface area contributed by atoms with Gasteiger partial charge in [-0.25, -0.2) is 9.97 Å². The van der Waals surface area contributed by atoms with Crippen molar-refractivity contribution in [3.05, 3.63) is 6.33 Å². The Kier molecular flexibility index (Phi) is 5.61. The lowest BCUT2D eigenvalue weighted by Crippen LogP contribution is -2.42. The zero-order chi connectivity index (χ0) is 15.2. The number of hydrogen-bond donors (Lipinski definition) is 1. The molecule has 1 aliphatic rings. The zero-order valence-electron chi connectivity index (χ0n) is 13.6. The monoisotopic (exact) mass is 293 g/mol. The Bertz CT molecular complexity index is 446. The van der Waals surface area contributed by atoms with Gasteiger partial charge in [0.1, 0.15) is 6.33 Å². The number of piperidine rings is 1. The van der Waals surface area contributed by atoms with Crippen LogP contribution in [-0.4, -0.2) is 61.7 Å². The number of methoxy groups -OCH3 is 1. The van der Waals surface area contributed by atoms with Crippen LogP contribution in [0.3, 0.4) is 0 Å². The predicted octanol–water partition coefficient (Wildman–Crippen LogP) is 1.84. The van der Waals surface area contributed by atoms with Gasteiger partial charge in [0, 0.05) is 19.6 Å². The minimum atomic E-state index is 0.504. The largest absolute Gasteiger partial charge is 0.490 e. The molecule has 1 aromatic rings. The Morgan fingerprint density at radius 3 is 2.71 bits per heavy atom. The summed E-state index contributed by atoms with van der Waals surface area (Å²) in [6.07, 6.45) is 4.96. The molecule has 1 aromatic heterocycles. The molecule has 1 aliphatic heterocycles. The number of hydrogen-bond acceptors (Lipinski definition) is 6. The molecule has 1 N–H and O–H groups in total. The van der Waals surface area contributed by atoms with Crippen LogP contribution < -0.4 is 15.0 Å². The molecule has 0 bridgehead atoms. The van der Waals surface area contributed by atoms with Gasteiger partial charge in [0.2, 0.25) is 5.75 Å². The van der Waals surface area contributed by atoms with E-state index in [-0.39, 0.29) is 0 Å². The van der Waals surface area contributed by atoms with Gasteiger partial charge in [-0.2, -0.15) is 0 Å². The van der Waals surface area contributed by atoms with E-state index in [0.29, 0.717) is 6.04 Å². The molecule has 6 heteroatoms. The van der Waals surface area contributed by atoms with Gasteiger partial charge in [-0.05, 0) is 39.4 Å². The number of anilines is 2. The van der Waals surface area contributed by atoms with Crippen LogP contribution in [0.5, 0.6) is 5.75 Å².